The lowest BCUT2D eigenvalue weighted by Gasteiger charge is -2.18. The van der Waals surface area contributed by atoms with Crippen molar-refractivity contribution in [1.29, 1.82) is 0 Å². The molecule has 2 N–H and O–H groups in total. The van der Waals surface area contributed by atoms with Gasteiger partial charge in [-0.1, -0.05) is 36.4 Å². The molecule has 0 fully saturated rings. The molecule has 2 aromatic carbocycles. The number of ether oxygens (including phenoxy) is 3. The van der Waals surface area contributed by atoms with Gasteiger partial charge < -0.3 is 19.9 Å². The predicted molar refractivity (Wildman–Crippen MR) is 92.2 cm³/mol. The van der Waals surface area contributed by atoms with Crippen LogP contribution in [0.25, 0.3) is 0 Å². The van der Waals surface area contributed by atoms with Gasteiger partial charge in [0.1, 0.15) is 6.61 Å². The first kappa shape index (κ1) is 18.7. The van der Waals surface area contributed by atoms with Gasteiger partial charge in [-0.25, -0.2) is 9.18 Å². The summed E-state index contributed by atoms with van der Waals surface area (Å²) < 4.78 is 29.9. The third-order valence-corrected chi connectivity index (χ3v) is 3.64. The van der Waals surface area contributed by atoms with Crippen molar-refractivity contribution >= 4 is 5.97 Å². The van der Waals surface area contributed by atoms with E-state index in [0.717, 1.165) is 5.56 Å². The predicted octanol–water partition coefficient (Wildman–Crippen LogP) is 3.18. The number of benzene rings is 2. The summed E-state index contributed by atoms with van der Waals surface area (Å²) >= 11 is 0. The van der Waals surface area contributed by atoms with Crippen LogP contribution in [0, 0.1) is 0 Å². The number of carbonyl (C=O) groups excluding carboxylic acids is 1. The third-order valence-electron chi connectivity index (χ3n) is 3.64. The normalized spacial score (nSPS) is 13.0. The fourth-order valence-electron chi connectivity index (χ4n) is 2.29. The molecular weight excluding hydrogens is 325 g/mol. The van der Waals surface area contributed by atoms with Gasteiger partial charge in [0.15, 0.2) is 11.5 Å². The van der Waals surface area contributed by atoms with E-state index in [4.69, 9.17) is 15.2 Å². The van der Waals surface area contributed by atoms with Crippen LogP contribution >= 0.6 is 0 Å². The quantitative estimate of drug-likeness (QED) is 0.743. The van der Waals surface area contributed by atoms with E-state index < -0.39 is 18.2 Å². The molecule has 1 unspecified atom stereocenters. The minimum Gasteiger partial charge on any atom is -0.493 e. The molecule has 0 radical (unpaired) electrons. The van der Waals surface area contributed by atoms with Crippen molar-refractivity contribution in [2.24, 2.45) is 5.73 Å². The highest BCUT2D eigenvalue weighted by atomic mass is 19.1. The Morgan fingerprint density at radius 2 is 1.88 bits per heavy atom. The molecule has 0 aliphatic rings. The second kappa shape index (κ2) is 9.03. The van der Waals surface area contributed by atoms with Gasteiger partial charge in [0.05, 0.1) is 19.8 Å². The molecular formula is C19H22FNO4. The van der Waals surface area contributed by atoms with Crippen LogP contribution in [0.4, 0.5) is 4.39 Å². The van der Waals surface area contributed by atoms with Crippen LogP contribution in [0.2, 0.25) is 0 Å². The molecule has 6 heteroatoms. The summed E-state index contributed by atoms with van der Waals surface area (Å²) in [6.07, 6.45) is -1.95. The summed E-state index contributed by atoms with van der Waals surface area (Å²) in [4.78, 5) is 11.5. The largest absolute Gasteiger partial charge is 0.493 e. The Balaban J connectivity index is 2.16. The molecule has 0 spiro atoms. The van der Waals surface area contributed by atoms with E-state index in [0.29, 0.717) is 23.7 Å². The fraction of sp³-hybridized carbons (Fsp3) is 0.316. The zero-order chi connectivity index (χ0) is 18.2. The van der Waals surface area contributed by atoms with Crippen molar-refractivity contribution < 1.29 is 23.4 Å². The Bertz CT molecular complexity index is 693. The van der Waals surface area contributed by atoms with Crippen LogP contribution < -0.4 is 15.2 Å². The lowest BCUT2D eigenvalue weighted by molar-refractivity contribution is -0.149. The van der Waals surface area contributed by atoms with Gasteiger partial charge in [-0.2, -0.15) is 0 Å². The van der Waals surface area contributed by atoms with Crippen LogP contribution in [-0.2, 0) is 16.1 Å². The van der Waals surface area contributed by atoms with Gasteiger partial charge in [0.2, 0.25) is 6.17 Å². The highest BCUT2D eigenvalue weighted by molar-refractivity contribution is 5.75. The molecule has 0 heterocycles. The summed E-state index contributed by atoms with van der Waals surface area (Å²) in [6, 6.07) is 13.3. The van der Waals surface area contributed by atoms with E-state index in [1.807, 2.05) is 30.3 Å². The first-order valence-corrected chi connectivity index (χ1v) is 7.97. The maximum Gasteiger partial charge on any atom is 0.342 e. The molecule has 0 amide bonds. The van der Waals surface area contributed by atoms with Gasteiger partial charge in [-0.15, -0.1) is 0 Å². The number of rotatable bonds is 8. The van der Waals surface area contributed by atoms with Crippen molar-refractivity contribution in [2.75, 3.05) is 13.7 Å². The highest BCUT2D eigenvalue weighted by Crippen LogP contribution is 2.32. The minimum absolute atomic E-state index is 0.0972. The van der Waals surface area contributed by atoms with Crippen molar-refractivity contribution in [3.8, 4) is 11.5 Å². The zero-order valence-corrected chi connectivity index (χ0v) is 14.3. The lowest BCUT2D eigenvalue weighted by Crippen LogP contribution is -2.31. The van der Waals surface area contributed by atoms with E-state index in [-0.39, 0.29) is 6.61 Å². The van der Waals surface area contributed by atoms with Crippen LogP contribution in [0.5, 0.6) is 11.5 Å². The maximum atomic E-state index is 14.2. The Labute approximate surface area is 146 Å². The molecule has 134 valence electrons. The summed E-state index contributed by atoms with van der Waals surface area (Å²) in [6.45, 7) is 2.03. The number of esters is 1. The van der Waals surface area contributed by atoms with Gasteiger partial charge in [-0.3, -0.25) is 0 Å². The summed E-state index contributed by atoms with van der Waals surface area (Å²) in [5.74, 6) is -0.0497. The van der Waals surface area contributed by atoms with Crippen LogP contribution in [-0.4, -0.2) is 25.9 Å². The van der Waals surface area contributed by atoms with Gasteiger partial charge in [-0.05, 0) is 30.2 Å². The summed E-state index contributed by atoms with van der Waals surface area (Å²) in [5, 5.41) is 0. The molecule has 0 saturated heterocycles. The molecule has 2 atom stereocenters. The average molecular weight is 347 g/mol. The summed E-state index contributed by atoms with van der Waals surface area (Å²) in [7, 11) is 1.51. The SMILES string of the molecule is CCOC(=O)C(F)[C@@H](N)c1ccc(OC)c(OCc2ccccc2)c1. The average Bonchev–Trinajstić information content (AvgIpc) is 2.66. The molecule has 25 heavy (non-hydrogen) atoms. The van der Waals surface area contributed by atoms with Gasteiger partial charge in [0.25, 0.3) is 0 Å². The Morgan fingerprint density at radius 3 is 2.52 bits per heavy atom. The third kappa shape index (κ3) is 4.93. The summed E-state index contributed by atoms with van der Waals surface area (Å²) in [5.41, 5.74) is 7.27. The Hall–Kier alpha value is -2.60. The number of methoxy groups -OCH3 is 1. The first-order valence-electron chi connectivity index (χ1n) is 7.97. The molecule has 0 aliphatic carbocycles. The van der Waals surface area contributed by atoms with Gasteiger partial charge >= 0.3 is 5.97 Å². The van der Waals surface area contributed by atoms with Crippen molar-refractivity contribution in [1.82, 2.24) is 0 Å². The molecule has 2 rings (SSSR count). The van der Waals surface area contributed by atoms with E-state index in [1.165, 1.54) is 7.11 Å². The molecule has 5 nitrogen and oxygen atoms in total. The standard InChI is InChI=1S/C19H22FNO4/c1-3-24-19(22)17(20)18(21)14-9-10-15(23-2)16(11-14)25-12-13-7-5-4-6-8-13/h4-11,17-18H,3,12,21H2,1-2H3/t17?,18-/m0/s1. The smallest absolute Gasteiger partial charge is 0.342 e. The topological polar surface area (TPSA) is 70.8 Å². The first-order chi connectivity index (χ1) is 12.1. The number of hydrogen-bond acceptors (Lipinski definition) is 5. The van der Waals surface area contributed by atoms with E-state index in [2.05, 4.69) is 4.74 Å². The van der Waals surface area contributed by atoms with Crippen molar-refractivity contribution in [2.45, 2.75) is 25.7 Å². The number of nitrogens with two attached hydrogens (primary N) is 1. The van der Waals surface area contributed by atoms with Gasteiger partial charge in [0, 0.05) is 0 Å². The number of carbonyl (C=O) groups is 1. The van der Waals surface area contributed by atoms with E-state index >= 15 is 0 Å². The van der Waals surface area contributed by atoms with Crippen LogP contribution in [0.3, 0.4) is 0 Å². The van der Waals surface area contributed by atoms with Crippen LogP contribution in [0.15, 0.2) is 48.5 Å². The number of alkyl halides is 1. The van der Waals surface area contributed by atoms with E-state index in [9.17, 15) is 9.18 Å². The molecule has 0 aromatic heterocycles. The molecule has 0 bridgehead atoms. The van der Waals surface area contributed by atoms with E-state index in [1.54, 1.807) is 25.1 Å². The monoisotopic (exact) mass is 347 g/mol. The number of hydrogen-bond donors (Lipinski definition) is 1. The lowest BCUT2D eigenvalue weighted by atomic mass is 10.0. The number of halogens is 1. The van der Waals surface area contributed by atoms with Crippen LogP contribution in [0.1, 0.15) is 24.1 Å². The molecule has 0 saturated carbocycles. The zero-order valence-electron chi connectivity index (χ0n) is 14.3. The molecule has 0 aliphatic heterocycles. The fourth-order valence-corrected chi connectivity index (χ4v) is 2.29. The Morgan fingerprint density at radius 1 is 1.16 bits per heavy atom. The highest BCUT2D eigenvalue weighted by Gasteiger charge is 2.28. The maximum absolute atomic E-state index is 14.2. The second-order valence-corrected chi connectivity index (χ2v) is 5.36. The van der Waals surface area contributed by atoms with Crippen molar-refractivity contribution in [3.05, 3.63) is 59.7 Å². The second-order valence-electron chi connectivity index (χ2n) is 5.36. The Kier molecular flexibility index (Phi) is 6.77. The van der Waals surface area contributed by atoms with Crippen molar-refractivity contribution in [3.63, 3.8) is 0 Å². The molecule has 2 aromatic rings. The minimum atomic E-state index is -1.95.